The van der Waals surface area contributed by atoms with Gasteiger partial charge in [0, 0.05) is 13.1 Å². The molecular weight excluding hydrogens is 360 g/mol. The molecule has 1 fully saturated rings. The first-order valence-corrected chi connectivity index (χ1v) is 10.7. The van der Waals surface area contributed by atoms with E-state index < -0.39 is 10.0 Å². The van der Waals surface area contributed by atoms with Gasteiger partial charge >= 0.3 is 0 Å². The molecule has 144 valence electrons. The maximum atomic E-state index is 13.3. The molecule has 0 unspecified atom stereocenters. The minimum absolute atomic E-state index is 0.176. The Bertz CT molecular complexity index is 891. The van der Waals surface area contributed by atoms with Crippen LogP contribution in [0.5, 0.6) is 0 Å². The second kappa shape index (κ2) is 8.13. The maximum absolute atomic E-state index is 13.3. The molecule has 0 atom stereocenters. The summed E-state index contributed by atoms with van der Waals surface area (Å²) in [5.74, 6) is -0.176. The molecule has 6 heteroatoms. The molecule has 1 aliphatic carbocycles. The van der Waals surface area contributed by atoms with Gasteiger partial charge in [-0.25, -0.2) is 8.42 Å². The molecule has 27 heavy (non-hydrogen) atoms. The number of amides is 1. The molecule has 3 rings (SSSR count). The SMILES string of the molecule is Cc1ccccc1N(CC(=O)N(C)C1CCCC1)S(=O)(=O)c1ccccc1. The predicted octanol–water partition coefficient (Wildman–Crippen LogP) is 3.59. The van der Waals surface area contributed by atoms with Gasteiger partial charge in [-0.2, -0.15) is 0 Å². The number of nitrogens with zero attached hydrogens (tertiary/aromatic N) is 2. The van der Waals surface area contributed by atoms with Gasteiger partial charge in [0.2, 0.25) is 5.91 Å². The fourth-order valence-corrected chi connectivity index (χ4v) is 5.09. The van der Waals surface area contributed by atoms with Gasteiger partial charge in [0.25, 0.3) is 10.0 Å². The average Bonchev–Trinajstić information content (AvgIpc) is 3.21. The van der Waals surface area contributed by atoms with Gasteiger partial charge in [-0.1, -0.05) is 49.2 Å². The van der Waals surface area contributed by atoms with Crippen LogP contribution in [0.3, 0.4) is 0 Å². The van der Waals surface area contributed by atoms with E-state index in [1.54, 1.807) is 54.4 Å². The number of aryl methyl sites for hydroxylation is 1. The molecule has 2 aromatic rings. The van der Waals surface area contributed by atoms with Crippen LogP contribution in [0.25, 0.3) is 0 Å². The number of para-hydroxylation sites is 1. The number of likely N-dealkylation sites (N-methyl/N-ethyl adjacent to an activating group) is 1. The maximum Gasteiger partial charge on any atom is 0.264 e. The van der Waals surface area contributed by atoms with E-state index in [0.29, 0.717) is 5.69 Å². The first kappa shape index (κ1) is 19.4. The molecule has 0 N–H and O–H groups in total. The number of carbonyl (C=O) groups is 1. The summed E-state index contributed by atoms with van der Waals surface area (Å²) in [5, 5.41) is 0. The zero-order valence-electron chi connectivity index (χ0n) is 15.8. The van der Waals surface area contributed by atoms with E-state index in [1.165, 1.54) is 4.31 Å². The van der Waals surface area contributed by atoms with Crippen LogP contribution in [0.1, 0.15) is 31.2 Å². The Morgan fingerprint density at radius 1 is 1.00 bits per heavy atom. The van der Waals surface area contributed by atoms with Gasteiger partial charge in [0.1, 0.15) is 6.54 Å². The third kappa shape index (κ3) is 4.16. The highest BCUT2D eigenvalue weighted by atomic mass is 32.2. The van der Waals surface area contributed by atoms with Crippen molar-refractivity contribution in [1.82, 2.24) is 4.90 Å². The molecule has 0 bridgehead atoms. The molecular formula is C21H26N2O3S. The lowest BCUT2D eigenvalue weighted by Crippen LogP contribution is -2.44. The van der Waals surface area contributed by atoms with Crippen LogP contribution < -0.4 is 4.31 Å². The fraction of sp³-hybridized carbons (Fsp3) is 0.381. The Morgan fingerprint density at radius 2 is 1.59 bits per heavy atom. The Hall–Kier alpha value is -2.34. The van der Waals surface area contributed by atoms with Crippen molar-refractivity contribution in [2.24, 2.45) is 0 Å². The van der Waals surface area contributed by atoms with E-state index in [1.807, 2.05) is 19.1 Å². The monoisotopic (exact) mass is 386 g/mol. The topological polar surface area (TPSA) is 57.7 Å². The first-order valence-electron chi connectivity index (χ1n) is 9.30. The smallest absolute Gasteiger partial charge is 0.264 e. The van der Waals surface area contributed by atoms with Crippen molar-refractivity contribution in [3.63, 3.8) is 0 Å². The van der Waals surface area contributed by atoms with Crippen LogP contribution in [0.2, 0.25) is 0 Å². The highest BCUT2D eigenvalue weighted by molar-refractivity contribution is 7.92. The van der Waals surface area contributed by atoms with Crippen molar-refractivity contribution in [2.45, 2.75) is 43.5 Å². The Kier molecular flexibility index (Phi) is 5.85. The van der Waals surface area contributed by atoms with Crippen LogP contribution in [0.15, 0.2) is 59.5 Å². The van der Waals surface area contributed by atoms with Crippen LogP contribution in [-0.4, -0.2) is 38.9 Å². The van der Waals surface area contributed by atoms with E-state index in [0.717, 1.165) is 31.2 Å². The summed E-state index contributed by atoms with van der Waals surface area (Å²) >= 11 is 0. The van der Waals surface area contributed by atoms with Crippen molar-refractivity contribution in [3.8, 4) is 0 Å². The highest BCUT2D eigenvalue weighted by Crippen LogP contribution is 2.28. The van der Waals surface area contributed by atoms with Crippen LogP contribution in [0, 0.1) is 6.92 Å². The average molecular weight is 387 g/mol. The fourth-order valence-electron chi connectivity index (χ4n) is 3.59. The Labute approximate surface area is 161 Å². The van der Waals surface area contributed by atoms with Gasteiger partial charge in [-0.05, 0) is 43.5 Å². The zero-order chi connectivity index (χ0) is 19.4. The number of hydrogen-bond donors (Lipinski definition) is 0. The number of benzene rings is 2. The van der Waals surface area contributed by atoms with E-state index in [-0.39, 0.29) is 23.4 Å². The first-order chi connectivity index (χ1) is 12.9. The molecule has 1 saturated carbocycles. The molecule has 5 nitrogen and oxygen atoms in total. The van der Waals surface area contributed by atoms with E-state index in [2.05, 4.69) is 0 Å². The predicted molar refractivity (Wildman–Crippen MR) is 107 cm³/mol. The Balaban J connectivity index is 1.96. The van der Waals surface area contributed by atoms with Crippen molar-refractivity contribution < 1.29 is 13.2 Å². The molecule has 0 aromatic heterocycles. The lowest BCUT2D eigenvalue weighted by Gasteiger charge is -2.30. The number of sulfonamides is 1. The Morgan fingerprint density at radius 3 is 2.22 bits per heavy atom. The highest BCUT2D eigenvalue weighted by Gasteiger charge is 2.31. The molecule has 0 heterocycles. The standard InChI is InChI=1S/C21H26N2O3S/c1-17-10-6-9-15-20(17)23(27(25,26)19-13-4-3-5-14-19)16-21(24)22(2)18-11-7-8-12-18/h3-6,9-10,13-15,18H,7-8,11-12,16H2,1-2H3. The molecule has 0 radical (unpaired) electrons. The summed E-state index contributed by atoms with van der Waals surface area (Å²) in [5.41, 5.74) is 1.35. The van der Waals surface area contributed by atoms with Crippen LogP contribution >= 0.6 is 0 Å². The lowest BCUT2D eigenvalue weighted by molar-refractivity contribution is -0.130. The van der Waals surface area contributed by atoms with Crippen molar-refractivity contribution in [2.75, 3.05) is 17.9 Å². The van der Waals surface area contributed by atoms with Crippen molar-refractivity contribution >= 4 is 21.6 Å². The molecule has 0 spiro atoms. The second-order valence-corrected chi connectivity index (χ2v) is 8.92. The van der Waals surface area contributed by atoms with Gasteiger partial charge in [0.05, 0.1) is 10.6 Å². The molecule has 2 aromatic carbocycles. The number of carbonyl (C=O) groups excluding carboxylic acids is 1. The van der Waals surface area contributed by atoms with Gasteiger partial charge in [-0.3, -0.25) is 9.10 Å². The molecule has 0 saturated heterocycles. The second-order valence-electron chi connectivity index (χ2n) is 7.05. The van der Waals surface area contributed by atoms with E-state index >= 15 is 0 Å². The number of rotatable bonds is 6. The lowest BCUT2D eigenvalue weighted by atomic mass is 10.2. The summed E-state index contributed by atoms with van der Waals surface area (Å²) in [7, 11) is -2.06. The number of anilines is 1. The van der Waals surface area contributed by atoms with Gasteiger partial charge in [0.15, 0.2) is 0 Å². The van der Waals surface area contributed by atoms with E-state index in [9.17, 15) is 13.2 Å². The van der Waals surface area contributed by atoms with Crippen LogP contribution in [0.4, 0.5) is 5.69 Å². The molecule has 0 aliphatic heterocycles. The van der Waals surface area contributed by atoms with Gasteiger partial charge in [-0.15, -0.1) is 0 Å². The summed E-state index contributed by atoms with van der Waals surface area (Å²) in [6.07, 6.45) is 4.20. The van der Waals surface area contributed by atoms with Crippen molar-refractivity contribution in [3.05, 3.63) is 60.2 Å². The third-order valence-electron chi connectivity index (χ3n) is 5.26. The normalized spacial score (nSPS) is 14.9. The minimum atomic E-state index is -3.84. The zero-order valence-corrected chi connectivity index (χ0v) is 16.7. The summed E-state index contributed by atoms with van der Waals surface area (Å²) in [6.45, 7) is 1.66. The minimum Gasteiger partial charge on any atom is -0.341 e. The van der Waals surface area contributed by atoms with Gasteiger partial charge < -0.3 is 4.90 Å². The molecule has 1 aliphatic rings. The summed E-state index contributed by atoms with van der Waals surface area (Å²) in [4.78, 5) is 14.8. The quantitative estimate of drug-likeness (QED) is 0.762. The molecule has 1 amide bonds. The largest absolute Gasteiger partial charge is 0.341 e. The summed E-state index contributed by atoms with van der Waals surface area (Å²) < 4.78 is 27.9. The number of hydrogen-bond acceptors (Lipinski definition) is 3. The van der Waals surface area contributed by atoms with Crippen LogP contribution in [-0.2, 0) is 14.8 Å². The summed E-state index contributed by atoms with van der Waals surface area (Å²) in [6, 6.07) is 15.7. The van der Waals surface area contributed by atoms with Crippen molar-refractivity contribution in [1.29, 1.82) is 0 Å². The van der Waals surface area contributed by atoms with E-state index in [4.69, 9.17) is 0 Å². The third-order valence-corrected chi connectivity index (χ3v) is 7.03.